The van der Waals surface area contributed by atoms with Crippen molar-refractivity contribution in [2.45, 2.75) is 25.6 Å². The summed E-state index contributed by atoms with van der Waals surface area (Å²) < 4.78 is 37.0. The van der Waals surface area contributed by atoms with Crippen molar-refractivity contribution in [3.8, 4) is 0 Å². The number of alkyl halides is 3. The van der Waals surface area contributed by atoms with Crippen molar-refractivity contribution in [1.29, 1.82) is 0 Å². The monoisotopic (exact) mass is 237 g/mol. The molecular formula is C10H11ClF3N. The third-order valence-electron chi connectivity index (χ3n) is 2.17. The van der Waals surface area contributed by atoms with Crippen LogP contribution in [0.5, 0.6) is 0 Å². The van der Waals surface area contributed by atoms with E-state index in [1.54, 1.807) is 0 Å². The fourth-order valence-corrected chi connectivity index (χ4v) is 1.52. The second-order valence-electron chi connectivity index (χ2n) is 3.25. The van der Waals surface area contributed by atoms with Gasteiger partial charge in [0.2, 0.25) is 0 Å². The first kappa shape index (κ1) is 12.3. The molecule has 0 saturated heterocycles. The molecule has 15 heavy (non-hydrogen) atoms. The smallest absolute Gasteiger partial charge is 0.324 e. The average molecular weight is 238 g/mol. The van der Waals surface area contributed by atoms with Gasteiger partial charge in [0.05, 0.1) is 10.6 Å². The van der Waals surface area contributed by atoms with Crippen LogP contribution in [-0.2, 0) is 6.18 Å². The molecule has 1 rings (SSSR count). The maximum Gasteiger partial charge on any atom is 0.417 e. The maximum absolute atomic E-state index is 12.3. The van der Waals surface area contributed by atoms with Gasteiger partial charge >= 0.3 is 6.18 Å². The van der Waals surface area contributed by atoms with Gasteiger partial charge < -0.3 is 5.73 Å². The lowest BCUT2D eigenvalue weighted by Gasteiger charge is -2.13. The Morgan fingerprint density at radius 1 is 1.40 bits per heavy atom. The van der Waals surface area contributed by atoms with E-state index >= 15 is 0 Å². The summed E-state index contributed by atoms with van der Waals surface area (Å²) in [5.74, 6) is 0. The van der Waals surface area contributed by atoms with Crippen LogP contribution < -0.4 is 5.73 Å². The van der Waals surface area contributed by atoms with Crippen molar-refractivity contribution in [1.82, 2.24) is 0 Å². The Balaban J connectivity index is 3.09. The Bertz CT molecular complexity index is 349. The lowest BCUT2D eigenvalue weighted by Crippen LogP contribution is -2.11. The molecule has 0 bridgehead atoms. The molecular weight excluding hydrogens is 227 g/mol. The average Bonchev–Trinajstić information content (AvgIpc) is 2.14. The quantitative estimate of drug-likeness (QED) is 0.833. The zero-order valence-corrected chi connectivity index (χ0v) is 8.86. The van der Waals surface area contributed by atoms with Crippen LogP contribution in [0.3, 0.4) is 0 Å². The zero-order chi connectivity index (χ0) is 11.6. The van der Waals surface area contributed by atoms with E-state index in [4.69, 9.17) is 17.3 Å². The topological polar surface area (TPSA) is 26.0 Å². The normalized spacial score (nSPS) is 14.0. The highest BCUT2D eigenvalue weighted by molar-refractivity contribution is 6.31. The minimum absolute atomic E-state index is 0.273. The van der Waals surface area contributed by atoms with Gasteiger partial charge in [-0.2, -0.15) is 13.2 Å². The highest BCUT2D eigenvalue weighted by Crippen LogP contribution is 2.35. The van der Waals surface area contributed by atoms with Crippen LogP contribution in [0, 0.1) is 0 Å². The molecule has 0 saturated carbocycles. The van der Waals surface area contributed by atoms with Gasteiger partial charge in [-0.1, -0.05) is 24.6 Å². The van der Waals surface area contributed by atoms with Crippen LogP contribution >= 0.6 is 11.6 Å². The molecule has 84 valence electrons. The summed E-state index contributed by atoms with van der Waals surface area (Å²) in [6, 6.07) is 3.33. The van der Waals surface area contributed by atoms with Crippen LogP contribution in [0.4, 0.5) is 13.2 Å². The third kappa shape index (κ3) is 2.86. The van der Waals surface area contributed by atoms with Gasteiger partial charge in [0, 0.05) is 6.04 Å². The highest BCUT2D eigenvalue weighted by atomic mass is 35.5. The van der Waals surface area contributed by atoms with E-state index in [-0.39, 0.29) is 11.1 Å². The van der Waals surface area contributed by atoms with Crippen LogP contribution in [0.15, 0.2) is 18.2 Å². The molecule has 0 heterocycles. The number of halogens is 4. The van der Waals surface area contributed by atoms with Gasteiger partial charge in [-0.05, 0) is 24.1 Å². The molecule has 1 aromatic carbocycles. The van der Waals surface area contributed by atoms with E-state index < -0.39 is 11.7 Å². The molecule has 0 radical (unpaired) electrons. The summed E-state index contributed by atoms with van der Waals surface area (Å²) in [6.07, 6.45) is -3.76. The fraction of sp³-hybridized carbons (Fsp3) is 0.400. The zero-order valence-electron chi connectivity index (χ0n) is 8.11. The first-order valence-electron chi connectivity index (χ1n) is 4.48. The minimum Gasteiger partial charge on any atom is -0.324 e. The molecule has 5 heteroatoms. The molecule has 0 unspecified atom stereocenters. The number of hydrogen-bond donors (Lipinski definition) is 1. The van der Waals surface area contributed by atoms with Crippen molar-refractivity contribution in [2.24, 2.45) is 5.73 Å². The van der Waals surface area contributed by atoms with E-state index in [1.807, 2.05) is 6.92 Å². The minimum atomic E-state index is -4.41. The lowest BCUT2D eigenvalue weighted by molar-refractivity contribution is -0.137. The summed E-state index contributed by atoms with van der Waals surface area (Å²) in [7, 11) is 0. The van der Waals surface area contributed by atoms with Crippen molar-refractivity contribution < 1.29 is 13.2 Å². The summed E-state index contributed by atoms with van der Waals surface area (Å²) in [5.41, 5.74) is 5.48. The lowest BCUT2D eigenvalue weighted by atomic mass is 10.0. The van der Waals surface area contributed by atoms with Crippen molar-refractivity contribution in [3.05, 3.63) is 34.3 Å². The van der Waals surface area contributed by atoms with Gasteiger partial charge in [-0.25, -0.2) is 0 Å². The third-order valence-corrected chi connectivity index (χ3v) is 2.48. The molecule has 0 aliphatic rings. The van der Waals surface area contributed by atoms with Crippen LogP contribution in [0.1, 0.15) is 30.5 Å². The summed E-state index contributed by atoms with van der Waals surface area (Å²) in [6.45, 7) is 1.86. The maximum atomic E-state index is 12.3. The summed E-state index contributed by atoms with van der Waals surface area (Å²) >= 11 is 5.54. The van der Waals surface area contributed by atoms with E-state index in [1.165, 1.54) is 12.1 Å². The molecule has 0 spiro atoms. The van der Waals surface area contributed by atoms with Crippen molar-refractivity contribution in [2.75, 3.05) is 0 Å². The molecule has 0 aromatic heterocycles. The Morgan fingerprint density at radius 2 is 2.00 bits per heavy atom. The van der Waals surface area contributed by atoms with Crippen molar-refractivity contribution in [3.63, 3.8) is 0 Å². The summed E-state index contributed by atoms with van der Waals surface area (Å²) in [5, 5.41) is -0.302. The SMILES string of the molecule is CC[C@@H](N)c1ccc(C(F)(F)F)c(Cl)c1. The van der Waals surface area contributed by atoms with Gasteiger partial charge in [0.1, 0.15) is 0 Å². The van der Waals surface area contributed by atoms with E-state index in [0.29, 0.717) is 12.0 Å². The van der Waals surface area contributed by atoms with E-state index in [0.717, 1.165) is 6.07 Å². The molecule has 0 fully saturated rings. The molecule has 0 amide bonds. The van der Waals surface area contributed by atoms with Crippen molar-refractivity contribution >= 4 is 11.6 Å². The van der Waals surface area contributed by atoms with E-state index in [2.05, 4.69) is 0 Å². The first-order chi connectivity index (χ1) is 6.86. The Hall–Kier alpha value is -0.740. The molecule has 1 nitrogen and oxygen atoms in total. The molecule has 2 N–H and O–H groups in total. The Morgan fingerprint density at radius 3 is 2.40 bits per heavy atom. The van der Waals surface area contributed by atoms with E-state index in [9.17, 15) is 13.2 Å². The highest BCUT2D eigenvalue weighted by Gasteiger charge is 2.33. The fourth-order valence-electron chi connectivity index (χ4n) is 1.23. The standard InChI is InChI=1S/C10H11ClF3N/c1-2-9(15)6-3-4-7(8(11)5-6)10(12,13)14/h3-5,9H,2,15H2,1H3/t9-/m1/s1. The van der Waals surface area contributed by atoms with Crippen LogP contribution in [0.25, 0.3) is 0 Å². The summed E-state index contributed by atoms with van der Waals surface area (Å²) in [4.78, 5) is 0. The van der Waals surface area contributed by atoms with Gasteiger partial charge in [0.15, 0.2) is 0 Å². The Kier molecular flexibility index (Phi) is 3.62. The number of nitrogens with two attached hydrogens (primary N) is 1. The predicted octanol–water partition coefficient (Wildman–Crippen LogP) is 3.77. The number of benzene rings is 1. The van der Waals surface area contributed by atoms with Crippen LogP contribution in [-0.4, -0.2) is 0 Å². The van der Waals surface area contributed by atoms with Gasteiger partial charge in [0.25, 0.3) is 0 Å². The van der Waals surface area contributed by atoms with Gasteiger partial charge in [-0.3, -0.25) is 0 Å². The number of hydrogen-bond acceptors (Lipinski definition) is 1. The molecule has 1 aromatic rings. The molecule has 0 aliphatic carbocycles. The largest absolute Gasteiger partial charge is 0.417 e. The number of rotatable bonds is 2. The Labute approximate surface area is 91.0 Å². The first-order valence-corrected chi connectivity index (χ1v) is 4.86. The second kappa shape index (κ2) is 4.41. The molecule has 0 aliphatic heterocycles. The molecule has 1 atom stereocenters. The second-order valence-corrected chi connectivity index (χ2v) is 3.66. The van der Waals surface area contributed by atoms with Gasteiger partial charge in [-0.15, -0.1) is 0 Å². The van der Waals surface area contributed by atoms with Crippen LogP contribution in [0.2, 0.25) is 5.02 Å². The predicted molar refractivity (Wildman–Crippen MR) is 53.7 cm³/mol.